The van der Waals surface area contributed by atoms with Gasteiger partial charge >= 0.3 is 0 Å². The lowest BCUT2D eigenvalue weighted by Crippen LogP contribution is -2.04. The van der Waals surface area contributed by atoms with Crippen LogP contribution in [0.2, 0.25) is 5.02 Å². The number of nitrogens with two attached hydrogens (primary N) is 1. The molecule has 0 aliphatic heterocycles. The lowest BCUT2D eigenvalue weighted by atomic mass is 10.0. The number of benzene rings is 2. The van der Waals surface area contributed by atoms with Crippen molar-refractivity contribution in [3.05, 3.63) is 68.2 Å². The van der Waals surface area contributed by atoms with Crippen LogP contribution in [0.5, 0.6) is 0 Å². The number of anilines is 1. The highest BCUT2D eigenvalue weighted by Crippen LogP contribution is 2.24. The van der Waals surface area contributed by atoms with E-state index in [9.17, 15) is 14.9 Å². The zero-order valence-corrected chi connectivity index (χ0v) is 11.3. The lowest BCUT2D eigenvalue weighted by Gasteiger charge is -2.05. The molecule has 0 heterocycles. The quantitative estimate of drug-likeness (QED) is 0.406. The molecule has 6 heteroatoms. The predicted molar refractivity (Wildman–Crippen MR) is 77.1 cm³/mol. The summed E-state index contributed by atoms with van der Waals surface area (Å²) in [7, 11) is 0. The molecule has 0 aromatic heterocycles. The maximum absolute atomic E-state index is 12.3. The number of ketones is 1. The summed E-state index contributed by atoms with van der Waals surface area (Å²) < 4.78 is 0. The third-order valence-corrected chi connectivity index (χ3v) is 3.27. The van der Waals surface area contributed by atoms with Gasteiger partial charge in [-0.15, -0.1) is 0 Å². The third kappa shape index (κ3) is 2.62. The van der Waals surface area contributed by atoms with Gasteiger partial charge < -0.3 is 5.73 Å². The number of hydrogen-bond donors (Lipinski definition) is 1. The Morgan fingerprint density at radius 3 is 2.40 bits per heavy atom. The zero-order chi connectivity index (χ0) is 14.9. The SMILES string of the molecule is Cc1ccc(C(=O)c2ccc(Cl)c(N)c2)cc1[N+](=O)[O-]. The molecule has 0 unspecified atom stereocenters. The second-order valence-electron chi connectivity index (χ2n) is 4.32. The zero-order valence-electron chi connectivity index (χ0n) is 10.6. The Kier molecular flexibility index (Phi) is 3.72. The summed E-state index contributed by atoms with van der Waals surface area (Å²) in [5.74, 6) is -0.337. The van der Waals surface area contributed by atoms with Gasteiger partial charge in [-0.05, 0) is 25.1 Å². The number of rotatable bonds is 3. The Labute approximate surface area is 120 Å². The summed E-state index contributed by atoms with van der Waals surface area (Å²) in [6, 6.07) is 8.87. The van der Waals surface area contributed by atoms with E-state index in [-0.39, 0.29) is 17.0 Å². The Morgan fingerprint density at radius 1 is 1.20 bits per heavy atom. The topological polar surface area (TPSA) is 86.2 Å². The van der Waals surface area contributed by atoms with Gasteiger partial charge in [0.2, 0.25) is 0 Å². The van der Waals surface area contributed by atoms with Crippen LogP contribution in [0.1, 0.15) is 21.5 Å². The number of carbonyl (C=O) groups excluding carboxylic acids is 1. The van der Waals surface area contributed by atoms with Crippen LogP contribution in [0.25, 0.3) is 0 Å². The van der Waals surface area contributed by atoms with Gasteiger partial charge in [0, 0.05) is 22.8 Å². The first-order valence-corrected chi connectivity index (χ1v) is 6.12. The van der Waals surface area contributed by atoms with E-state index in [4.69, 9.17) is 17.3 Å². The van der Waals surface area contributed by atoms with Crippen LogP contribution in [0.4, 0.5) is 11.4 Å². The van der Waals surface area contributed by atoms with Crippen molar-refractivity contribution in [2.24, 2.45) is 0 Å². The second-order valence-corrected chi connectivity index (χ2v) is 4.73. The molecule has 0 atom stereocenters. The van der Waals surface area contributed by atoms with E-state index in [0.717, 1.165) is 0 Å². The van der Waals surface area contributed by atoms with Crippen molar-refractivity contribution in [1.82, 2.24) is 0 Å². The van der Waals surface area contributed by atoms with Crippen LogP contribution in [0.15, 0.2) is 36.4 Å². The molecular weight excluding hydrogens is 280 g/mol. The van der Waals surface area contributed by atoms with Crippen LogP contribution in [-0.2, 0) is 0 Å². The highest BCUT2D eigenvalue weighted by Gasteiger charge is 2.16. The Hall–Kier alpha value is -2.40. The van der Waals surface area contributed by atoms with Gasteiger partial charge in [-0.1, -0.05) is 23.7 Å². The molecule has 0 saturated heterocycles. The Balaban J connectivity index is 2.45. The van der Waals surface area contributed by atoms with Gasteiger partial charge in [0.05, 0.1) is 15.6 Å². The average Bonchev–Trinajstić information content (AvgIpc) is 2.41. The van der Waals surface area contributed by atoms with Crippen molar-refractivity contribution in [1.29, 1.82) is 0 Å². The van der Waals surface area contributed by atoms with Crippen LogP contribution in [0.3, 0.4) is 0 Å². The molecule has 2 aromatic carbocycles. The minimum absolute atomic E-state index is 0.0854. The van der Waals surface area contributed by atoms with Gasteiger partial charge in [0.25, 0.3) is 5.69 Å². The first-order chi connectivity index (χ1) is 9.40. The van der Waals surface area contributed by atoms with Crippen LogP contribution in [0, 0.1) is 17.0 Å². The Morgan fingerprint density at radius 2 is 1.80 bits per heavy atom. The van der Waals surface area contributed by atoms with Crippen molar-refractivity contribution >= 4 is 28.8 Å². The van der Waals surface area contributed by atoms with E-state index >= 15 is 0 Å². The molecule has 5 nitrogen and oxygen atoms in total. The molecule has 0 amide bonds. The third-order valence-electron chi connectivity index (χ3n) is 2.93. The van der Waals surface area contributed by atoms with E-state index in [1.165, 1.54) is 24.3 Å². The molecular formula is C14H11ClN2O3. The van der Waals surface area contributed by atoms with Gasteiger partial charge in [-0.2, -0.15) is 0 Å². The molecule has 0 fully saturated rings. The molecule has 2 rings (SSSR count). The molecule has 0 saturated carbocycles. The minimum Gasteiger partial charge on any atom is -0.398 e. The van der Waals surface area contributed by atoms with Crippen LogP contribution >= 0.6 is 11.6 Å². The number of nitrogens with zero attached hydrogens (tertiary/aromatic N) is 1. The monoisotopic (exact) mass is 290 g/mol. The summed E-state index contributed by atoms with van der Waals surface area (Å²) in [6.45, 7) is 1.62. The van der Waals surface area contributed by atoms with Gasteiger partial charge in [0.1, 0.15) is 0 Å². The molecule has 0 bridgehead atoms. The fourth-order valence-corrected chi connectivity index (χ4v) is 1.92. The predicted octanol–water partition coefficient (Wildman–Crippen LogP) is 3.37. The van der Waals surface area contributed by atoms with Crippen molar-refractivity contribution in [3.8, 4) is 0 Å². The highest BCUT2D eigenvalue weighted by molar-refractivity contribution is 6.33. The summed E-state index contributed by atoms with van der Waals surface area (Å²) in [5, 5.41) is 11.2. The van der Waals surface area contributed by atoms with Gasteiger partial charge in [0.15, 0.2) is 5.78 Å². The molecule has 0 radical (unpaired) electrons. The number of hydrogen-bond acceptors (Lipinski definition) is 4. The molecule has 0 aliphatic carbocycles. The number of carbonyl (C=O) groups is 1. The lowest BCUT2D eigenvalue weighted by molar-refractivity contribution is -0.385. The van der Waals surface area contributed by atoms with E-state index < -0.39 is 4.92 Å². The smallest absolute Gasteiger partial charge is 0.273 e. The first-order valence-electron chi connectivity index (χ1n) is 5.75. The highest BCUT2D eigenvalue weighted by atomic mass is 35.5. The standard InChI is InChI=1S/C14H11ClN2O3/c1-8-2-3-10(7-13(8)17(19)20)14(18)9-4-5-11(15)12(16)6-9/h2-7H,16H2,1H3. The molecule has 0 aliphatic rings. The fourth-order valence-electron chi connectivity index (χ4n) is 1.80. The number of nitro benzene ring substituents is 1. The summed E-state index contributed by atoms with van der Waals surface area (Å²) >= 11 is 5.79. The largest absolute Gasteiger partial charge is 0.398 e. The van der Waals surface area contributed by atoms with Crippen LogP contribution in [-0.4, -0.2) is 10.7 Å². The van der Waals surface area contributed by atoms with Crippen molar-refractivity contribution in [3.63, 3.8) is 0 Å². The molecule has 2 N–H and O–H groups in total. The molecule has 102 valence electrons. The Bertz CT molecular complexity index is 714. The summed E-state index contributed by atoms with van der Waals surface area (Å²) in [5.41, 5.74) is 6.93. The van der Waals surface area contributed by atoms with Gasteiger partial charge in [-0.3, -0.25) is 14.9 Å². The molecule has 20 heavy (non-hydrogen) atoms. The maximum Gasteiger partial charge on any atom is 0.273 e. The first kappa shape index (κ1) is 14.0. The van der Waals surface area contributed by atoms with Crippen molar-refractivity contribution < 1.29 is 9.72 Å². The van der Waals surface area contributed by atoms with Crippen molar-refractivity contribution in [2.45, 2.75) is 6.92 Å². The number of nitrogen functional groups attached to an aromatic ring is 1. The molecule has 0 spiro atoms. The number of halogens is 1. The molecule has 2 aromatic rings. The number of nitro groups is 1. The van der Waals surface area contributed by atoms with E-state index in [2.05, 4.69) is 0 Å². The maximum atomic E-state index is 12.3. The normalized spacial score (nSPS) is 10.3. The van der Waals surface area contributed by atoms with E-state index in [1.807, 2.05) is 0 Å². The number of aryl methyl sites for hydroxylation is 1. The van der Waals surface area contributed by atoms with E-state index in [0.29, 0.717) is 21.8 Å². The minimum atomic E-state index is -0.512. The van der Waals surface area contributed by atoms with Crippen LogP contribution < -0.4 is 5.73 Å². The van der Waals surface area contributed by atoms with Gasteiger partial charge in [-0.25, -0.2) is 0 Å². The second kappa shape index (κ2) is 5.30. The summed E-state index contributed by atoms with van der Waals surface area (Å²) in [4.78, 5) is 22.7. The fraction of sp³-hybridized carbons (Fsp3) is 0.0714. The summed E-state index contributed by atoms with van der Waals surface area (Å²) in [6.07, 6.45) is 0. The van der Waals surface area contributed by atoms with Crippen molar-refractivity contribution in [2.75, 3.05) is 5.73 Å². The van der Waals surface area contributed by atoms with E-state index in [1.54, 1.807) is 19.1 Å². The average molecular weight is 291 g/mol.